The summed E-state index contributed by atoms with van der Waals surface area (Å²) in [5.74, 6) is -1.30. The van der Waals surface area contributed by atoms with Gasteiger partial charge >= 0.3 is 0 Å². The molecule has 0 aliphatic heterocycles. The van der Waals surface area contributed by atoms with Crippen molar-refractivity contribution in [1.29, 1.82) is 0 Å². The van der Waals surface area contributed by atoms with E-state index >= 15 is 0 Å². The summed E-state index contributed by atoms with van der Waals surface area (Å²) in [4.78, 5) is 16.7. The standard InChI is InChI=1S/C27H23F3N6O/c1-15-19(28)6-8-23(34-15)27-26(35-24(36-27)14-33-22-4-2-3-20(29)25(22)30)16-5-7-21-17(11-16)12-18(13-32-21)37-10-9-31/h2-8,11-13,33H,9-10,14,31H2,1H3,(H,35,36). The largest absolute Gasteiger partial charge is 0.491 e. The number of fused-ring (bicyclic) bond motifs is 1. The molecule has 0 radical (unpaired) electrons. The quantitative estimate of drug-likeness (QED) is 0.263. The maximum Gasteiger partial charge on any atom is 0.181 e. The van der Waals surface area contributed by atoms with Crippen molar-refractivity contribution >= 4 is 16.6 Å². The molecule has 3 heterocycles. The van der Waals surface area contributed by atoms with Crippen LogP contribution in [0, 0.1) is 24.4 Å². The minimum atomic E-state index is -0.972. The van der Waals surface area contributed by atoms with Crippen molar-refractivity contribution < 1.29 is 17.9 Å². The topological polar surface area (TPSA) is 102 Å². The Morgan fingerprint density at radius 3 is 2.68 bits per heavy atom. The Balaban J connectivity index is 1.55. The number of hydrogen-bond acceptors (Lipinski definition) is 6. The van der Waals surface area contributed by atoms with Crippen LogP contribution < -0.4 is 15.8 Å². The second kappa shape index (κ2) is 10.3. The van der Waals surface area contributed by atoms with E-state index in [-0.39, 0.29) is 17.9 Å². The number of hydrogen-bond donors (Lipinski definition) is 3. The van der Waals surface area contributed by atoms with Gasteiger partial charge in [-0.3, -0.25) is 4.98 Å². The summed E-state index contributed by atoms with van der Waals surface area (Å²) in [6.07, 6.45) is 1.64. The average molecular weight is 505 g/mol. The lowest BCUT2D eigenvalue weighted by Crippen LogP contribution is -2.10. The fraction of sp³-hybridized carbons (Fsp3) is 0.148. The summed E-state index contributed by atoms with van der Waals surface area (Å²) in [5, 5.41) is 3.70. The molecule has 2 aromatic carbocycles. The minimum Gasteiger partial charge on any atom is -0.491 e. The molecule has 0 saturated carbocycles. The molecule has 5 aromatic rings. The Kier molecular flexibility index (Phi) is 6.74. The maximum atomic E-state index is 14.1. The molecule has 7 nitrogen and oxygen atoms in total. The Hall–Kier alpha value is -4.44. The summed E-state index contributed by atoms with van der Waals surface area (Å²) in [7, 11) is 0. The molecule has 10 heteroatoms. The van der Waals surface area contributed by atoms with E-state index in [0.717, 1.165) is 22.5 Å². The maximum absolute atomic E-state index is 14.1. The monoisotopic (exact) mass is 504 g/mol. The third-order valence-electron chi connectivity index (χ3n) is 5.75. The lowest BCUT2D eigenvalue weighted by Gasteiger charge is -2.08. The molecular formula is C27H23F3N6O. The number of benzene rings is 2. The summed E-state index contributed by atoms with van der Waals surface area (Å²) in [6, 6.07) is 14.3. The van der Waals surface area contributed by atoms with E-state index in [1.165, 1.54) is 18.2 Å². The number of pyridine rings is 2. The lowest BCUT2D eigenvalue weighted by atomic mass is 10.1. The molecule has 0 spiro atoms. The SMILES string of the molecule is Cc1nc(-c2nc(CNc3cccc(F)c3F)[nH]c2-c2ccc3ncc(OCCN)cc3c2)ccc1F. The predicted molar refractivity (Wildman–Crippen MR) is 135 cm³/mol. The first-order chi connectivity index (χ1) is 17.9. The second-order valence-corrected chi connectivity index (χ2v) is 8.34. The van der Waals surface area contributed by atoms with E-state index in [4.69, 9.17) is 10.5 Å². The first-order valence-corrected chi connectivity index (χ1v) is 11.6. The molecule has 188 valence electrons. The average Bonchev–Trinajstić information content (AvgIpc) is 3.33. The van der Waals surface area contributed by atoms with Crippen molar-refractivity contribution in [2.45, 2.75) is 13.5 Å². The Morgan fingerprint density at radius 2 is 1.86 bits per heavy atom. The van der Waals surface area contributed by atoms with Gasteiger partial charge in [0.2, 0.25) is 0 Å². The van der Waals surface area contributed by atoms with Gasteiger partial charge in [-0.15, -0.1) is 0 Å². The van der Waals surface area contributed by atoms with Gasteiger partial charge in [0.05, 0.1) is 41.0 Å². The Bertz CT molecular complexity index is 1590. The van der Waals surface area contributed by atoms with E-state index in [1.807, 2.05) is 24.3 Å². The number of anilines is 1. The van der Waals surface area contributed by atoms with Gasteiger partial charge in [0.15, 0.2) is 11.6 Å². The highest BCUT2D eigenvalue weighted by Gasteiger charge is 2.18. The molecule has 0 aliphatic carbocycles. The zero-order valence-electron chi connectivity index (χ0n) is 19.9. The van der Waals surface area contributed by atoms with Gasteiger partial charge in [-0.2, -0.15) is 0 Å². The van der Waals surface area contributed by atoms with Crippen LogP contribution in [0.1, 0.15) is 11.5 Å². The number of aryl methyl sites for hydroxylation is 1. The molecular weight excluding hydrogens is 481 g/mol. The number of H-pyrrole nitrogens is 1. The van der Waals surface area contributed by atoms with E-state index in [1.54, 1.807) is 19.2 Å². The highest BCUT2D eigenvalue weighted by atomic mass is 19.2. The number of nitrogens with zero attached hydrogens (tertiary/aromatic N) is 3. The molecule has 37 heavy (non-hydrogen) atoms. The van der Waals surface area contributed by atoms with Crippen LogP contribution in [0.5, 0.6) is 5.75 Å². The van der Waals surface area contributed by atoms with E-state index in [9.17, 15) is 13.2 Å². The Labute approximate surface area is 210 Å². The summed E-state index contributed by atoms with van der Waals surface area (Å²) < 4.78 is 47.3. The van der Waals surface area contributed by atoms with Gasteiger partial charge in [0.25, 0.3) is 0 Å². The Morgan fingerprint density at radius 1 is 1.00 bits per heavy atom. The second-order valence-electron chi connectivity index (χ2n) is 8.34. The number of aromatic amines is 1. The number of halogens is 3. The third kappa shape index (κ3) is 5.10. The van der Waals surface area contributed by atoms with Gasteiger partial charge in [-0.05, 0) is 49.4 Å². The number of aromatic nitrogens is 4. The van der Waals surface area contributed by atoms with Gasteiger partial charge in [-0.1, -0.05) is 12.1 Å². The van der Waals surface area contributed by atoms with Crippen molar-refractivity contribution in [2.24, 2.45) is 5.73 Å². The van der Waals surface area contributed by atoms with Crippen molar-refractivity contribution in [3.8, 4) is 28.4 Å². The van der Waals surface area contributed by atoms with Crippen LogP contribution in [0.3, 0.4) is 0 Å². The molecule has 5 rings (SSSR count). The highest BCUT2D eigenvalue weighted by Crippen LogP contribution is 2.32. The number of imidazole rings is 1. The number of nitrogens with one attached hydrogen (secondary N) is 2. The van der Waals surface area contributed by atoms with Crippen LogP contribution >= 0.6 is 0 Å². The number of ether oxygens (including phenoxy) is 1. The number of rotatable bonds is 8. The van der Waals surface area contributed by atoms with Crippen LogP contribution in [0.15, 0.2) is 60.8 Å². The summed E-state index contributed by atoms with van der Waals surface area (Å²) >= 11 is 0. The minimum absolute atomic E-state index is 0.0111. The fourth-order valence-electron chi connectivity index (χ4n) is 3.92. The molecule has 0 fully saturated rings. The smallest absolute Gasteiger partial charge is 0.181 e. The highest BCUT2D eigenvalue weighted by molar-refractivity contribution is 5.87. The van der Waals surface area contributed by atoms with Crippen LogP contribution in [-0.2, 0) is 6.54 Å². The zero-order valence-corrected chi connectivity index (χ0v) is 19.9. The molecule has 0 bridgehead atoms. The molecule has 4 N–H and O–H groups in total. The molecule has 0 saturated heterocycles. The normalized spacial score (nSPS) is 11.2. The van der Waals surface area contributed by atoms with Crippen LogP contribution in [0.4, 0.5) is 18.9 Å². The van der Waals surface area contributed by atoms with Gasteiger partial charge < -0.3 is 20.8 Å². The van der Waals surface area contributed by atoms with Gasteiger partial charge in [0.1, 0.15) is 29.7 Å². The van der Waals surface area contributed by atoms with Crippen LogP contribution in [0.2, 0.25) is 0 Å². The third-order valence-corrected chi connectivity index (χ3v) is 5.75. The summed E-state index contributed by atoms with van der Waals surface area (Å²) in [5.41, 5.74) is 8.90. The predicted octanol–water partition coefficient (Wildman–Crippen LogP) is 5.36. The van der Waals surface area contributed by atoms with E-state index in [2.05, 4.69) is 25.3 Å². The van der Waals surface area contributed by atoms with Crippen molar-refractivity contribution in [3.05, 3.63) is 89.8 Å². The molecule has 3 aromatic heterocycles. The van der Waals surface area contributed by atoms with Crippen molar-refractivity contribution in [2.75, 3.05) is 18.5 Å². The molecule has 0 atom stereocenters. The molecule has 0 aliphatic rings. The van der Waals surface area contributed by atoms with E-state index < -0.39 is 17.5 Å². The van der Waals surface area contributed by atoms with Crippen molar-refractivity contribution in [3.63, 3.8) is 0 Å². The molecule has 0 unspecified atom stereocenters. The van der Waals surface area contributed by atoms with Gasteiger partial charge in [-0.25, -0.2) is 23.1 Å². The molecule has 0 amide bonds. The van der Waals surface area contributed by atoms with E-state index in [0.29, 0.717) is 41.8 Å². The lowest BCUT2D eigenvalue weighted by molar-refractivity contribution is 0.327. The van der Waals surface area contributed by atoms with Gasteiger partial charge in [0, 0.05) is 17.5 Å². The fourth-order valence-corrected chi connectivity index (χ4v) is 3.92. The van der Waals surface area contributed by atoms with Crippen LogP contribution in [-0.4, -0.2) is 33.1 Å². The van der Waals surface area contributed by atoms with Crippen molar-refractivity contribution in [1.82, 2.24) is 19.9 Å². The van der Waals surface area contributed by atoms with Crippen LogP contribution in [0.25, 0.3) is 33.5 Å². The zero-order chi connectivity index (χ0) is 25.9. The first-order valence-electron chi connectivity index (χ1n) is 11.6. The summed E-state index contributed by atoms with van der Waals surface area (Å²) in [6.45, 7) is 2.41. The number of nitrogens with two attached hydrogens (primary N) is 1. The first kappa shape index (κ1) is 24.3.